The SMILES string of the molecule is CN=C(NCCc1ccccc1)NCc1ccccc1S(=O)(=O)N1CCN(C)CC1. The number of guanidine groups is 1. The van der Waals surface area contributed by atoms with Crippen molar-refractivity contribution in [2.75, 3.05) is 46.8 Å². The molecule has 8 heteroatoms. The van der Waals surface area contributed by atoms with Crippen LogP contribution in [0.15, 0.2) is 64.5 Å². The average Bonchev–Trinajstić information content (AvgIpc) is 2.77. The number of benzene rings is 2. The molecule has 0 unspecified atom stereocenters. The number of rotatable bonds is 7. The summed E-state index contributed by atoms with van der Waals surface area (Å²) < 4.78 is 28.0. The van der Waals surface area contributed by atoms with Crippen LogP contribution in [0, 0.1) is 0 Å². The van der Waals surface area contributed by atoms with Crippen LogP contribution in [0.25, 0.3) is 0 Å². The van der Waals surface area contributed by atoms with E-state index >= 15 is 0 Å². The van der Waals surface area contributed by atoms with Gasteiger partial charge >= 0.3 is 0 Å². The van der Waals surface area contributed by atoms with Gasteiger partial charge in [-0.2, -0.15) is 4.31 Å². The lowest BCUT2D eigenvalue weighted by Gasteiger charge is -2.32. The molecule has 3 rings (SSSR count). The number of hydrogen-bond acceptors (Lipinski definition) is 4. The normalized spacial score (nSPS) is 16.4. The minimum atomic E-state index is -3.52. The number of sulfonamides is 1. The predicted molar refractivity (Wildman–Crippen MR) is 121 cm³/mol. The standard InChI is InChI=1S/C22H31N5O2S/c1-23-22(24-13-12-19-8-4-3-5-9-19)25-18-20-10-6-7-11-21(20)30(28,29)27-16-14-26(2)15-17-27/h3-11H,12-18H2,1-2H3,(H2,23,24,25). The molecule has 0 radical (unpaired) electrons. The van der Waals surface area contributed by atoms with E-state index in [1.165, 1.54) is 5.56 Å². The molecule has 0 aliphatic carbocycles. The van der Waals surface area contributed by atoms with Crippen LogP contribution < -0.4 is 10.6 Å². The molecule has 0 atom stereocenters. The first kappa shape index (κ1) is 22.3. The van der Waals surface area contributed by atoms with Crippen molar-refractivity contribution in [1.29, 1.82) is 0 Å². The summed E-state index contributed by atoms with van der Waals surface area (Å²) in [5.74, 6) is 0.651. The Bertz CT molecular complexity index is 939. The molecular weight excluding hydrogens is 398 g/mol. The molecule has 0 aromatic heterocycles. The van der Waals surface area contributed by atoms with Gasteiger partial charge in [0.1, 0.15) is 0 Å². The van der Waals surface area contributed by atoms with E-state index in [2.05, 4.69) is 32.7 Å². The summed E-state index contributed by atoms with van der Waals surface area (Å²) in [6, 6.07) is 17.4. The summed E-state index contributed by atoms with van der Waals surface area (Å²) >= 11 is 0. The third-order valence-electron chi connectivity index (χ3n) is 5.27. The van der Waals surface area contributed by atoms with Crippen LogP contribution in [0.2, 0.25) is 0 Å². The van der Waals surface area contributed by atoms with Crippen LogP contribution in [0.4, 0.5) is 0 Å². The van der Waals surface area contributed by atoms with Gasteiger partial charge in [-0.25, -0.2) is 8.42 Å². The molecule has 2 aromatic rings. The van der Waals surface area contributed by atoms with E-state index in [9.17, 15) is 8.42 Å². The van der Waals surface area contributed by atoms with Crippen molar-refractivity contribution in [3.8, 4) is 0 Å². The lowest BCUT2D eigenvalue weighted by Crippen LogP contribution is -2.47. The first-order valence-corrected chi connectivity index (χ1v) is 11.7. The van der Waals surface area contributed by atoms with E-state index in [0.29, 0.717) is 30.5 Å². The highest BCUT2D eigenvalue weighted by molar-refractivity contribution is 7.89. The smallest absolute Gasteiger partial charge is 0.243 e. The highest BCUT2D eigenvalue weighted by atomic mass is 32.2. The summed E-state index contributed by atoms with van der Waals surface area (Å²) in [6.45, 7) is 3.65. The van der Waals surface area contributed by atoms with Crippen molar-refractivity contribution in [2.24, 2.45) is 4.99 Å². The van der Waals surface area contributed by atoms with E-state index < -0.39 is 10.0 Å². The molecule has 30 heavy (non-hydrogen) atoms. The van der Waals surface area contributed by atoms with Crippen molar-refractivity contribution in [1.82, 2.24) is 19.8 Å². The summed E-state index contributed by atoms with van der Waals surface area (Å²) in [5.41, 5.74) is 1.99. The zero-order chi connectivity index (χ0) is 21.4. The zero-order valence-electron chi connectivity index (χ0n) is 17.7. The largest absolute Gasteiger partial charge is 0.356 e. The molecule has 0 amide bonds. The maximum absolute atomic E-state index is 13.2. The molecule has 0 spiro atoms. The van der Waals surface area contributed by atoms with E-state index in [-0.39, 0.29) is 0 Å². The maximum atomic E-state index is 13.2. The van der Waals surface area contributed by atoms with Crippen molar-refractivity contribution < 1.29 is 8.42 Å². The summed E-state index contributed by atoms with van der Waals surface area (Å²) in [6.07, 6.45) is 0.885. The van der Waals surface area contributed by atoms with E-state index in [1.54, 1.807) is 23.5 Å². The van der Waals surface area contributed by atoms with Crippen LogP contribution in [-0.4, -0.2) is 70.4 Å². The molecule has 162 valence electrons. The second-order valence-electron chi connectivity index (χ2n) is 7.40. The van der Waals surface area contributed by atoms with Gasteiger partial charge in [0.15, 0.2) is 5.96 Å². The van der Waals surface area contributed by atoms with Crippen LogP contribution in [0.5, 0.6) is 0 Å². The molecule has 1 fully saturated rings. The number of likely N-dealkylation sites (N-methyl/N-ethyl adjacent to an activating group) is 1. The Morgan fingerprint density at radius 3 is 2.33 bits per heavy atom. The van der Waals surface area contributed by atoms with Crippen molar-refractivity contribution >= 4 is 16.0 Å². The van der Waals surface area contributed by atoms with Crippen LogP contribution >= 0.6 is 0 Å². The van der Waals surface area contributed by atoms with Gasteiger partial charge in [-0.05, 0) is 30.7 Å². The Balaban J connectivity index is 1.61. The number of aliphatic imine (C=N–C) groups is 1. The lowest BCUT2D eigenvalue weighted by molar-refractivity contribution is 0.222. The first-order valence-electron chi connectivity index (χ1n) is 10.3. The second kappa shape index (κ2) is 10.6. The molecule has 0 bridgehead atoms. The van der Waals surface area contributed by atoms with Gasteiger partial charge in [-0.3, -0.25) is 4.99 Å². The Kier molecular flexibility index (Phi) is 7.84. The Morgan fingerprint density at radius 1 is 0.967 bits per heavy atom. The van der Waals surface area contributed by atoms with Gasteiger partial charge in [0.25, 0.3) is 0 Å². The van der Waals surface area contributed by atoms with Gasteiger partial charge in [-0.1, -0.05) is 48.5 Å². The topological polar surface area (TPSA) is 77.0 Å². The van der Waals surface area contributed by atoms with Gasteiger partial charge in [-0.15, -0.1) is 0 Å². The minimum Gasteiger partial charge on any atom is -0.356 e. The van der Waals surface area contributed by atoms with Gasteiger partial charge in [0.2, 0.25) is 10.0 Å². The van der Waals surface area contributed by atoms with E-state index in [4.69, 9.17) is 0 Å². The number of nitrogens with one attached hydrogen (secondary N) is 2. The molecule has 1 aliphatic rings. The maximum Gasteiger partial charge on any atom is 0.243 e. The first-order chi connectivity index (χ1) is 14.5. The van der Waals surface area contributed by atoms with Gasteiger partial charge < -0.3 is 15.5 Å². The average molecular weight is 430 g/mol. The van der Waals surface area contributed by atoms with Crippen molar-refractivity contribution in [3.05, 3.63) is 65.7 Å². The van der Waals surface area contributed by atoms with Crippen LogP contribution in [0.3, 0.4) is 0 Å². The number of piperazine rings is 1. The fourth-order valence-electron chi connectivity index (χ4n) is 3.44. The summed E-state index contributed by atoms with van der Waals surface area (Å²) in [7, 11) is 0.208. The molecule has 1 aliphatic heterocycles. The molecule has 1 heterocycles. The predicted octanol–water partition coefficient (Wildman–Crippen LogP) is 1.53. The van der Waals surface area contributed by atoms with Crippen molar-refractivity contribution in [3.63, 3.8) is 0 Å². The van der Waals surface area contributed by atoms with Crippen LogP contribution in [-0.2, 0) is 23.0 Å². The Labute approximate surface area is 179 Å². The van der Waals surface area contributed by atoms with Gasteiger partial charge in [0.05, 0.1) is 4.90 Å². The highest BCUT2D eigenvalue weighted by Crippen LogP contribution is 2.21. The summed E-state index contributed by atoms with van der Waals surface area (Å²) in [5, 5.41) is 6.53. The van der Waals surface area contributed by atoms with Crippen molar-refractivity contribution in [2.45, 2.75) is 17.9 Å². The lowest BCUT2D eigenvalue weighted by atomic mass is 10.1. The van der Waals surface area contributed by atoms with Gasteiger partial charge in [0, 0.05) is 46.3 Å². The van der Waals surface area contributed by atoms with Crippen LogP contribution in [0.1, 0.15) is 11.1 Å². The molecule has 7 nitrogen and oxygen atoms in total. The fourth-order valence-corrected chi connectivity index (χ4v) is 5.08. The Hall–Kier alpha value is -2.42. The zero-order valence-corrected chi connectivity index (χ0v) is 18.5. The second-order valence-corrected chi connectivity index (χ2v) is 9.31. The monoisotopic (exact) mass is 429 g/mol. The highest BCUT2D eigenvalue weighted by Gasteiger charge is 2.29. The fraction of sp³-hybridized carbons (Fsp3) is 0.409. The number of nitrogens with zero attached hydrogens (tertiary/aromatic N) is 3. The Morgan fingerprint density at radius 2 is 1.63 bits per heavy atom. The third kappa shape index (κ3) is 5.81. The molecule has 1 saturated heterocycles. The quantitative estimate of drug-likeness (QED) is 0.516. The molecular formula is C22H31N5O2S. The third-order valence-corrected chi connectivity index (χ3v) is 7.27. The summed E-state index contributed by atoms with van der Waals surface area (Å²) in [4.78, 5) is 6.76. The minimum absolute atomic E-state index is 0.363. The van der Waals surface area contributed by atoms with E-state index in [0.717, 1.165) is 31.6 Å². The molecule has 2 aromatic carbocycles. The molecule has 0 saturated carbocycles. The molecule has 2 N–H and O–H groups in total. The van der Waals surface area contributed by atoms with E-state index in [1.807, 2.05) is 37.4 Å². The number of hydrogen-bond donors (Lipinski definition) is 2.